The van der Waals surface area contributed by atoms with Gasteiger partial charge in [0.15, 0.2) is 0 Å². The number of benzene rings is 1. The van der Waals surface area contributed by atoms with Crippen LogP contribution in [0.15, 0.2) is 17.2 Å². The van der Waals surface area contributed by atoms with Gasteiger partial charge in [0, 0.05) is 12.6 Å². The lowest BCUT2D eigenvalue weighted by Crippen LogP contribution is -2.20. The number of hydrogen-bond acceptors (Lipinski definition) is 3. The van der Waals surface area contributed by atoms with Crippen molar-refractivity contribution < 1.29 is 9.90 Å². The average molecular weight is 361 g/mol. The van der Waals surface area contributed by atoms with Crippen molar-refractivity contribution in [2.24, 2.45) is 11.0 Å². The lowest BCUT2D eigenvalue weighted by molar-refractivity contribution is -0.121. The van der Waals surface area contributed by atoms with Crippen LogP contribution in [0.4, 0.5) is 0 Å². The van der Waals surface area contributed by atoms with E-state index in [4.69, 9.17) is 0 Å². The highest BCUT2D eigenvalue weighted by Gasteiger charge is 2.26. The molecule has 1 aromatic carbocycles. The summed E-state index contributed by atoms with van der Waals surface area (Å²) in [5.41, 5.74) is 5.18. The number of phenolic OH excluding ortho intramolecular Hbond substituents is 1. The molecule has 0 aromatic heterocycles. The Morgan fingerprint density at radius 2 is 1.62 bits per heavy atom. The topological polar surface area (TPSA) is 61.7 Å². The number of carbonyl (C=O) groups excluding carboxylic acids is 1. The lowest BCUT2D eigenvalue weighted by Gasteiger charge is -2.28. The highest BCUT2D eigenvalue weighted by molar-refractivity contribution is 5.77. The number of carbonyl (C=O) groups is 1. The number of aryl methyl sites for hydroxylation is 1. The third kappa shape index (κ3) is 6.81. The van der Waals surface area contributed by atoms with Gasteiger partial charge in [-0.3, -0.25) is 4.79 Å². The van der Waals surface area contributed by atoms with Gasteiger partial charge in [0.2, 0.25) is 5.91 Å². The van der Waals surface area contributed by atoms with E-state index in [0.717, 1.165) is 23.1 Å². The average Bonchev–Trinajstić information content (AvgIpc) is 2.48. The molecule has 0 spiro atoms. The second-order valence-corrected chi connectivity index (χ2v) is 9.52. The van der Waals surface area contributed by atoms with Crippen molar-refractivity contribution in [3.8, 4) is 5.75 Å². The molecule has 0 atom stereocenters. The quantitative estimate of drug-likeness (QED) is 0.550. The van der Waals surface area contributed by atoms with E-state index in [0.29, 0.717) is 24.5 Å². The van der Waals surface area contributed by atoms with Crippen LogP contribution in [0.3, 0.4) is 0 Å². The van der Waals surface area contributed by atoms with Gasteiger partial charge in [0.05, 0.1) is 0 Å². The highest BCUT2D eigenvalue weighted by atomic mass is 16.3. The van der Waals surface area contributed by atoms with Crippen molar-refractivity contribution in [2.45, 2.75) is 85.5 Å². The standard InChI is InChI=1S/C22H36N2O2/c1-15(2)11-12-23-24-19(25)10-9-16-13-17(21(3,4)5)20(26)18(14-16)22(6,7)8/h12-15,26H,9-11H2,1-8H3,(H,24,25). The first-order valence-corrected chi connectivity index (χ1v) is 9.49. The normalized spacial score (nSPS) is 12.8. The fraction of sp³-hybridized carbons (Fsp3) is 0.636. The Morgan fingerprint density at radius 1 is 1.12 bits per heavy atom. The summed E-state index contributed by atoms with van der Waals surface area (Å²) in [7, 11) is 0. The van der Waals surface area contributed by atoms with Crippen molar-refractivity contribution in [1.29, 1.82) is 0 Å². The maximum Gasteiger partial charge on any atom is 0.240 e. The van der Waals surface area contributed by atoms with Crippen LogP contribution < -0.4 is 5.43 Å². The third-order valence-electron chi connectivity index (χ3n) is 4.28. The second kappa shape index (κ2) is 8.70. The monoisotopic (exact) mass is 360 g/mol. The molecule has 0 aliphatic carbocycles. The molecule has 26 heavy (non-hydrogen) atoms. The third-order valence-corrected chi connectivity index (χ3v) is 4.28. The summed E-state index contributed by atoms with van der Waals surface area (Å²) < 4.78 is 0. The minimum atomic E-state index is -0.163. The van der Waals surface area contributed by atoms with Crippen molar-refractivity contribution in [1.82, 2.24) is 5.43 Å². The van der Waals surface area contributed by atoms with Crippen LogP contribution in [-0.4, -0.2) is 17.2 Å². The Bertz CT molecular complexity index is 612. The Morgan fingerprint density at radius 3 is 2.04 bits per heavy atom. The molecule has 0 heterocycles. The Kier molecular flexibility index (Phi) is 7.43. The first-order chi connectivity index (χ1) is 11.8. The van der Waals surface area contributed by atoms with Crippen LogP contribution >= 0.6 is 0 Å². The summed E-state index contributed by atoms with van der Waals surface area (Å²) in [6.07, 6.45) is 3.59. The van der Waals surface area contributed by atoms with E-state index in [9.17, 15) is 9.90 Å². The van der Waals surface area contributed by atoms with Crippen LogP contribution in [0, 0.1) is 5.92 Å². The first-order valence-electron chi connectivity index (χ1n) is 9.49. The smallest absolute Gasteiger partial charge is 0.240 e. The Labute approximate surface area is 159 Å². The van der Waals surface area contributed by atoms with Gasteiger partial charge in [0.1, 0.15) is 5.75 Å². The summed E-state index contributed by atoms with van der Waals surface area (Å²) in [5, 5.41) is 14.7. The van der Waals surface area contributed by atoms with Crippen LogP contribution in [0.5, 0.6) is 5.75 Å². The molecule has 0 radical (unpaired) electrons. The van der Waals surface area contributed by atoms with Gasteiger partial charge < -0.3 is 5.11 Å². The summed E-state index contributed by atoms with van der Waals surface area (Å²) in [6.45, 7) is 16.8. The molecule has 0 bridgehead atoms. The molecule has 146 valence electrons. The predicted molar refractivity (Wildman–Crippen MR) is 110 cm³/mol. The molecule has 0 saturated carbocycles. The maximum absolute atomic E-state index is 12.0. The summed E-state index contributed by atoms with van der Waals surface area (Å²) in [4.78, 5) is 12.0. The zero-order valence-electron chi connectivity index (χ0n) is 17.7. The summed E-state index contributed by atoms with van der Waals surface area (Å²) in [5.74, 6) is 0.809. The molecule has 0 saturated heterocycles. The number of hydrazone groups is 1. The molecule has 0 aliphatic heterocycles. The fourth-order valence-electron chi connectivity index (χ4n) is 2.68. The Hall–Kier alpha value is -1.84. The van der Waals surface area contributed by atoms with Crippen LogP contribution in [0.2, 0.25) is 0 Å². The maximum atomic E-state index is 12.0. The fourth-order valence-corrected chi connectivity index (χ4v) is 2.68. The molecular formula is C22H36N2O2. The van der Waals surface area contributed by atoms with E-state index in [1.54, 1.807) is 6.21 Å². The number of amides is 1. The van der Waals surface area contributed by atoms with Crippen molar-refractivity contribution in [3.05, 3.63) is 28.8 Å². The number of nitrogens with zero attached hydrogens (tertiary/aromatic N) is 1. The molecule has 2 N–H and O–H groups in total. The van der Waals surface area contributed by atoms with Crippen molar-refractivity contribution in [2.75, 3.05) is 0 Å². The first kappa shape index (κ1) is 22.2. The predicted octanol–water partition coefficient (Wildman–Crippen LogP) is 5.07. The lowest BCUT2D eigenvalue weighted by atomic mass is 9.78. The van der Waals surface area contributed by atoms with Gasteiger partial charge in [-0.1, -0.05) is 67.5 Å². The SMILES string of the molecule is CC(C)CC=NNC(=O)CCc1cc(C(C)(C)C)c(O)c(C(C)(C)C)c1. The van der Waals surface area contributed by atoms with E-state index in [1.165, 1.54) is 0 Å². The molecular weight excluding hydrogens is 324 g/mol. The number of rotatable bonds is 6. The van der Waals surface area contributed by atoms with E-state index in [-0.39, 0.29) is 16.7 Å². The van der Waals surface area contributed by atoms with Gasteiger partial charge in [-0.15, -0.1) is 0 Å². The van der Waals surface area contributed by atoms with Crippen LogP contribution in [0.1, 0.15) is 84.9 Å². The van der Waals surface area contributed by atoms with Gasteiger partial charge >= 0.3 is 0 Å². The second-order valence-electron chi connectivity index (χ2n) is 9.52. The minimum absolute atomic E-state index is 0.0901. The molecule has 4 nitrogen and oxygen atoms in total. The van der Waals surface area contributed by atoms with Gasteiger partial charge in [-0.05, 0) is 46.3 Å². The van der Waals surface area contributed by atoms with Crippen molar-refractivity contribution >= 4 is 12.1 Å². The van der Waals surface area contributed by atoms with E-state index >= 15 is 0 Å². The van der Waals surface area contributed by atoms with E-state index < -0.39 is 0 Å². The zero-order valence-corrected chi connectivity index (χ0v) is 17.7. The minimum Gasteiger partial charge on any atom is -0.507 e. The number of phenols is 1. The number of nitrogens with one attached hydrogen (secondary N) is 1. The molecule has 4 heteroatoms. The molecule has 1 aromatic rings. The van der Waals surface area contributed by atoms with E-state index in [1.807, 2.05) is 12.1 Å². The summed E-state index contributed by atoms with van der Waals surface area (Å²) in [6, 6.07) is 4.06. The summed E-state index contributed by atoms with van der Waals surface area (Å²) >= 11 is 0. The van der Waals surface area contributed by atoms with Crippen LogP contribution in [0.25, 0.3) is 0 Å². The molecule has 1 amide bonds. The number of aromatic hydroxyl groups is 1. The molecule has 1 rings (SSSR count). The van der Waals surface area contributed by atoms with Crippen molar-refractivity contribution in [3.63, 3.8) is 0 Å². The van der Waals surface area contributed by atoms with Gasteiger partial charge in [-0.2, -0.15) is 5.10 Å². The number of hydrogen-bond donors (Lipinski definition) is 2. The zero-order chi connectivity index (χ0) is 20.1. The van der Waals surface area contributed by atoms with Gasteiger partial charge in [0.25, 0.3) is 0 Å². The molecule has 0 aliphatic rings. The Balaban J connectivity index is 2.93. The largest absolute Gasteiger partial charge is 0.507 e. The van der Waals surface area contributed by atoms with Gasteiger partial charge in [-0.25, -0.2) is 5.43 Å². The van der Waals surface area contributed by atoms with E-state index in [2.05, 4.69) is 65.9 Å². The van der Waals surface area contributed by atoms with Crippen LogP contribution in [-0.2, 0) is 22.0 Å². The highest BCUT2D eigenvalue weighted by Crippen LogP contribution is 2.39. The molecule has 0 unspecified atom stereocenters. The molecule has 0 fully saturated rings.